The Labute approximate surface area is 220 Å². The number of nitrogens with one attached hydrogen (secondary N) is 1. The van der Waals surface area contributed by atoms with Crippen LogP contribution in [0.4, 0.5) is 0 Å². The van der Waals surface area contributed by atoms with Gasteiger partial charge >= 0.3 is 0 Å². The van der Waals surface area contributed by atoms with Crippen molar-refractivity contribution in [3.63, 3.8) is 0 Å². The summed E-state index contributed by atoms with van der Waals surface area (Å²) in [6.45, 7) is 6.52. The molecular formula is C31H38N2O2S. The van der Waals surface area contributed by atoms with Gasteiger partial charge in [0.2, 0.25) is 11.8 Å². The summed E-state index contributed by atoms with van der Waals surface area (Å²) in [7, 11) is 0. The Kier molecular flexibility index (Phi) is 11.1. The van der Waals surface area contributed by atoms with E-state index >= 15 is 0 Å². The Hall–Kier alpha value is -3.05. The molecule has 3 rings (SSSR count). The van der Waals surface area contributed by atoms with Gasteiger partial charge in [0, 0.05) is 36.9 Å². The van der Waals surface area contributed by atoms with E-state index in [1.165, 1.54) is 11.1 Å². The highest BCUT2D eigenvalue weighted by atomic mass is 32.2. The summed E-state index contributed by atoms with van der Waals surface area (Å²) in [6.07, 6.45) is 1.72. The lowest BCUT2D eigenvalue weighted by Gasteiger charge is -2.32. The van der Waals surface area contributed by atoms with Gasteiger partial charge in [0.25, 0.3) is 0 Å². The molecule has 4 nitrogen and oxygen atoms in total. The van der Waals surface area contributed by atoms with Gasteiger partial charge in [-0.2, -0.15) is 11.8 Å². The van der Waals surface area contributed by atoms with Gasteiger partial charge < -0.3 is 10.2 Å². The Bertz CT molecular complexity index is 1070. The number of amides is 2. The summed E-state index contributed by atoms with van der Waals surface area (Å²) in [5.74, 6) is 1.50. The van der Waals surface area contributed by atoms with Crippen LogP contribution in [0.1, 0.15) is 48.9 Å². The lowest BCUT2D eigenvalue weighted by molar-refractivity contribution is -0.141. The fourth-order valence-corrected chi connectivity index (χ4v) is 4.84. The molecule has 0 aliphatic heterocycles. The third kappa shape index (κ3) is 8.87. The van der Waals surface area contributed by atoms with E-state index in [0.717, 1.165) is 23.3 Å². The van der Waals surface area contributed by atoms with Crippen molar-refractivity contribution in [1.82, 2.24) is 10.2 Å². The van der Waals surface area contributed by atoms with E-state index in [-0.39, 0.29) is 17.9 Å². The standard InChI is InChI=1S/C31H38N2O2S/c1-4-25(3)32-31(35)29(21-26-11-7-5-8-12-26)33(22-27-17-15-24(2)16-18-27)30(34)19-20-36-23-28-13-9-6-10-14-28/h5-18,25,29H,4,19-23H2,1-3H3,(H,32,35)/t25-,29-/m1/s1. The molecule has 0 heterocycles. The number of carbonyl (C=O) groups excluding carboxylic acids is 2. The van der Waals surface area contributed by atoms with E-state index in [1.54, 1.807) is 16.7 Å². The average Bonchev–Trinajstić information content (AvgIpc) is 2.90. The predicted octanol–water partition coefficient (Wildman–Crippen LogP) is 6.17. The van der Waals surface area contributed by atoms with Crippen molar-refractivity contribution < 1.29 is 9.59 Å². The molecule has 0 aromatic heterocycles. The smallest absolute Gasteiger partial charge is 0.243 e. The molecule has 190 valence electrons. The van der Waals surface area contributed by atoms with Gasteiger partial charge in [0.1, 0.15) is 6.04 Å². The monoisotopic (exact) mass is 502 g/mol. The van der Waals surface area contributed by atoms with Crippen molar-refractivity contribution in [2.45, 2.75) is 64.4 Å². The molecular weight excluding hydrogens is 464 g/mol. The zero-order valence-electron chi connectivity index (χ0n) is 21.7. The molecule has 0 spiro atoms. The lowest BCUT2D eigenvalue weighted by Crippen LogP contribution is -2.52. The molecule has 0 aliphatic rings. The average molecular weight is 503 g/mol. The first-order valence-corrected chi connectivity index (χ1v) is 13.9. The molecule has 0 saturated carbocycles. The zero-order chi connectivity index (χ0) is 25.8. The predicted molar refractivity (Wildman–Crippen MR) is 151 cm³/mol. The Morgan fingerprint density at radius 3 is 2.08 bits per heavy atom. The van der Waals surface area contributed by atoms with Crippen LogP contribution < -0.4 is 5.32 Å². The second-order valence-electron chi connectivity index (χ2n) is 9.32. The highest BCUT2D eigenvalue weighted by Gasteiger charge is 2.30. The van der Waals surface area contributed by atoms with Crippen molar-refractivity contribution >= 4 is 23.6 Å². The quantitative estimate of drug-likeness (QED) is 0.284. The van der Waals surface area contributed by atoms with Crippen molar-refractivity contribution in [3.8, 4) is 0 Å². The minimum Gasteiger partial charge on any atom is -0.352 e. The first-order valence-electron chi connectivity index (χ1n) is 12.8. The number of thioether (sulfide) groups is 1. The summed E-state index contributed by atoms with van der Waals surface area (Å²) >= 11 is 1.75. The van der Waals surface area contributed by atoms with Crippen LogP contribution in [0, 0.1) is 6.92 Å². The maximum absolute atomic E-state index is 13.6. The summed E-state index contributed by atoms with van der Waals surface area (Å²) < 4.78 is 0. The molecule has 1 N–H and O–H groups in total. The molecule has 0 fully saturated rings. The molecule has 0 aliphatic carbocycles. The molecule has 0 unspecified atom stereocenters. The van der Waals surface area contributed by atoms with E-state index in [2.05, 4.69) is 43.4 Å². The lowest BCUT2D eigenvalue weighted by atomic mass is 10.0. The van der Waals surface area contributed by atoms with Crippen molar-refractivity contribution in [1.29, 1.82) is 0 Å². The van der Waals surface area contributed by atoms with Crippen LogP contribution >= 0.6 is 11.8 Å². The topological polar surface area (TPSA) is 49.4 Å². The zero-order valence-corrected chi connectivity index (χ0v) is 22.5. The number of aryl methyl sites for hydroxylation is 1. The van der Waals surface area contributed by atoms with Gasteiger partial charge in [0.05, 0.1) is 0 Å². The van der Waals surface area contributed by atoms with Crippen molar-refractivity contribution in [2.75, 3.05) is 5.75 Å². The largest absolute Gasteiger partial charge is 0.352 e. The summed E-state index contributed by atoms with van der Waals surface area (Å²) in [6, 6.07) is 27.9. The van der Waals surface area contributed by atoms with Crippen LogP contribution in [-0.2, 0) is 28.3 Å². The number of hydrogen-bond acceptors (Lipinski definition) is 3. The molecule has 0 bridgehead atoms. The van der Waals surface area contributed by atoms with E-state index in [9.17, 15) is 9.59 Å². The molecule has 3 aromatic carbocycles. The molecule has 36 heavy (non-hydrogen) atoms. The number of hydrogen-bond donors (Lipinski definition) is 1. The third-order valence-electron chi connectivity index (χ3n) is 6.32. The fraction of sp³-hybridized carbons (Fsp3) is 0.355. The van der Waals surface area contributed by atoms with Gasteiger partial charge in [-0.15, -0.1) is 0 Å². The second-order valence-corrected chi connectivity index (χ2v) is 10.4. The van der Waals surface area contributed by atoms with Gasteiger partial charge in [0.15, 0.2) is 0 Å². The minimum absolute atomic E-state index is 0.0105. The first-order chi connectivity index (χ1) is 17.5. The summed E-state index contributed by atoms with van der Waals surface area (Å²) in [5, 5.41) is 3.13. The van der Waals surface area contributed by atoms with Crippen LogP contribution in [0.5, 0.6) is 0 Å². The Morgan fingerprint density at radius 1 is 0.861 bits per heavy atom. The molecule has 2 amide bonds. The van der Waals surface area contributed by atoms with E-state index in [1.807, 2.05) is 67.6 Å². The maximum atomic E-state index is 13.6. The number of nitrogens with zero attached hydrogens (tertiary/aromatic N) is 1. The number of rotatable bonds is 13. The second kappa shape index (κ2) is 14.5. The highest BCUT2D eigenvalue weighted by molar-refractivity contribution is 7.98. The van der Waals surface area contributed by atoms with Gasteiger partial charge in [-0.1, -0.05) is 97.4 Å². The highest BCUT2D eigenvalue weighted by Crippen LogP contribution is 2.19. The van der Waals surface area contributed by atoms with E-state index in [4.69, 9.17) is 0 Å². The fourth-order valence-electron chi connectivity index (χ4n) is 3.95. The first kappa shape index (κ1) is 27.5. The minimum atomic E-state index is -0.575. The molecule has 0 saturated heterocycles. The molecule has 2 atom stereocenters. The molecule has 5 heteroatoms. The Balaban J connectivity index is 1.80. The maximum Gasteiger partial charge on any atom is 0.243 e. The van der Waals surface area contributed by atoms with E-state index in [0.29, 0.717) is 25.1 Å². The van der Waals surface area contributed by atoms with Crippen LogP contribution in [0.3, 0.4) is 0 Å². The SMILES string of the molecule is CC[C@@H](C)NC(=O)[C@@H](Cc1ccccc1)N(Cc1ccc(C)cc1)C(=O)CCSCc1ccccc1. The number of benzene rings is 3. The normalized spacial score (nSPS) is 12.5. The van der Waals surface area contributed by atoms with Crippen LogP contribution in [0.25, 0.3) is 0 Å². The number of carbonyl (C=O) groups is 2. The van der Waals surface area contributed by atoms with Crippen molar-refractivity contribution in [2.24, 2.45) is 0 Å². The molecule has 0 radical (unpaired) electrons. The summed E-state index contributed by atoms with van der Waals surface area (Å²) in [5.41, 5.74) is 4.49. The van der Waals surface area contributed by atoms with Crippen molar-refractivity contribution in [3.05, 3.63) is 107 Å². The Morgan fingerprint density at radius 2 is 1.47 bits per heavy atom. The van der Waals surface area contributed by atoms with E-state index < -0.39 is 6.04 Å². The third-order valence-corrected chi connectivity index (χ3v) is 7.35. The van der Waals surface area contributed by atoms with Gasteiger partial charge in [-0.3, -0.25) is 9.59 Å². The van der Waals surface area contributed by atoms with Gasteiger partial charge in [-0.05, 0) is 37.0 Å². The van der Waals surface area contributed by atoms with Crippen LogP contribution in [-0.4, -0.2) is 34.6 Å². The summed E-state index contributed by atoms with van der Waals surface area (Å²) in [4.78, 5) is 29.0. The van der Waals surface area contributed by atoms with Crippen LogP contribution in [0.15, 0.2) is 84.9 Å². The van der Waals surface area contributed by atoms with Gasteiger partial charge in [-0.25, -0.2) is 0 Å². The van der Waals surface area contributed by atoms with Crippen LogP contribution in [0.2, 0.25) is 0 Å². The molecule has 3 aromatic rings.